The van der Waals surface area contributed by atoms with Crippen molar-refractivity contribution in [1.82, 2.24) is 4.90 Å². The zero-order chi connectivity index (χ0) is 19.2. The molecule has 2 rings (SSSR count). The van der Waals surface area contributed by atoms with Crippen molar-refractivity contribution in [3.63, 3.8) is 0 Å². The summed E-state index contributed by atoms with van der Waals surface area (Å²) in [5.41, 5.74) is 8.55. The van der Waals surface area contributed by atoms with Crippen molar-refractivity contribution in [2.75, 3.05) is 38.3 Å². The van der Waals surface area contributed by atoms with Crippen molar-refractivity contribution in [2.45, 2.75) is 25.3 Å². The summed E-state index contributed by atoms with van der Waals surface area (Å²) in [6, 6.07) is 15.2. The molecule has 0 amide bonds. The number of anilines is 2. The molecule has 2 aromatic carbocycles. The molecule has 0 aliphatic carbocycles. The van der Waals surface area contributed by atoms with Crippen LogP contribution < -0.4 is 11.1 Å². The molecular weight excluding hydrogens is 326 g/mol. The molecule has 0 spiro atoms. The van der Waals surface area contributed by atoms with E-state index in [4.69, 9.17) is 10.8 Å². The van der Waals surface area contributed by atoms with Gasteiger partial charge in [-0.15, -0.1) is 0 Å². The number of Topliss-reactive ketones (excluding diaryl/α,β-unsaturated/α-hetero) is 1. The second kappa shape index (κ2) is 8.83. The Kier molecular flexibility index (Phi) is 6.77. The normalized spacial score (nSPS) is 13.4. The maximum absolute atomic E-state index is 13.4. The highest BCUT2D eigenvalue weighted by Crippen LogP contribution is 2.28. The predicted molar refractivity (Wildman–Crippen MR) is 108 cm³/mol. The molecule has 4 N–H and O–H groups in total. The summed E-state index contributed by atoms with van der Waals surface area (Å²) >= 11 is 0. The van der Waals surface area contributed by atoms with E-state index < -0.39 is 5.54 Å². The lowest BCUT2D eigenvalue weighted by Crippen LogP contribution is -2.52. The van der Waals surface area contributed by atoms with E-state index in [1.54, 1.807) is 0 Å². The Balaban J connectivity index is 2.29. The highest BCUT2D eigenvalue weighted by molar-refractivity contribution is 6.03. The number of nitrogen functional groups attached to an aromatic ring is 1. The molecule has 5 nitrogen and oxygen atoms in total. The first-order valence-electron chi connectivity index (χ1n) is 8.94. The van der Waals surface area contributed by atoms with E-state index in [-0.39, 0.29) is 12.4 Å². The summed E-state index contributed by atoms with van der Waals surface area (Å²) in [5, 5.41) is 12.0. The van der Waals surface area contributed by atoms with Crippen molar-refractivity contribution in [2.24, 2.45) is 0 Å². The lowest BCUT2D eigenvalue weighted by molar-refractivity contribution is 0.0666. The number of nitrogens with two attached hydrogens (primary N) is 1. The summed E-state index contributed by atoms with van der Waals surface area (Å²) in [4.78, 5) is 15.4. The lowest BCUT2D eigenvalue weighted by atomic mass is 9.80. The van der Waals surface area contributed by atoms with Gasteiger partial charge in [0.15, 0.2) is 5.78 Å². The van der Waals surface area contributed by atoms with Crippen LogP contribution in [-0.4, -0.2) is 48.6 Å². The van der Waals surface area contributed by atoms with Gasteiger partial charge in [0.25, 0.3) is 0 Å². The number of aliphatic hydroxyl groups is 1. The number of aliphatic hydroxyl groups excluding tert-OH is 1. The predicted octanol–water partition coefficient (Wildman–Crippen LogP) is 2.81. The van der Waals surface area contributed by atoms with Crippen molar-refractivity contribution in [3.05, 3.63) is 59.7 Å². The Morgan fingerprint density at radius 2 is 1.73 bits per heavy atom. The molecule has 0 radical (unpaired) electrons. The van der Waals surface area contributed by atoms with Crippen LogP contribution in [0, 0.1) is 0 Å². The third-order valence-electron chi connectivity index (χ3n) is 4.93. The van der Waals surface area contributed by atoms with Gasteiger partial charge in [0, 0.05) is 23.5 Å². The van der Waals surface area contributed by atoms with Gasteiger partial charge in [-0.25, -0.2) is 0 Å². The number of hydrogen-bond donors (Lipinski definition) is 3. The van der Waals surface area contributed by atoms with Crippen LogP contribution in [0.25, 0.3) is 0 Å². The van der Waals surface area contributed by atoms with Gasteiger partial charge >= 0.3 is 0 Å². The Labute approximate surface area is 155 Å². The quantitative estimate of drug-likeness (QED) is 0.476. The van der Waals surface area contributed by atoms with Crippen molar-refractivity contribution in [1.29, 1.82) is 0 Å². The minimum atomic E-state index is -0.615. The molecule has 0 saturated heterocycles. The molecule has 0 saturated carbocycles. The van der Waals surface area contributed by atoms with Gasteiger partial charge in [0.05, 0.1) is 12.1 Å². The van der Waals surface area contributed by atoms with Crippen molar-refractivity contribution >= 4 is 17.2 Å². The summed E-state index contributed by atoms with van der Waals surface area (Å²) in [6.45, 7) is 2.61. The number of nitrogens with zero attached hydrogens (tertiary/aromatic N) is 1. The third kappa shape index (κ3) is 4.42. The van der Waals surface area contributed by atoms with E-state index >= 15 is 0 Å². The molecule has 0 aliphatic heterocycles. The lowest BCUT2D eigenvalue weighted by Gasteiger charge is -2.38. The Morgan fingerprint density at radius 3 is 2.23 bits per heavy atom. The summed E-state index contributed by atoms with van der Waals surface area (Å²) in [6.07, 6.45) is 1.33. The molecule has 140 valence electrons. The van der Waals surface area contributed by atoms with Crippen LogP contribution >= 0.6 is 0 Å². The topological polar surface area (TPSA) is 78.6 Å². The fraction of sp³-hybridized carbons (Fsp3) is 0.381. The smallest absolute Gasteiger partial charge is 0.183 e. The molecule has 0 bridgehead atoms. The first-order valence-corrected chi connectivity index (χ1v) is 8.94. The number of benzene rings is 2. The maximum atomic E-state index is 13.4. The van der Waals surface area contributed by atoms with Crippen LogP contribution in [0.15, 0.2) is 48.5 Å². The molecule has 0 heterocycles. The van der Waals surface area contributed by atoms with Gasteiger partial charge in [-0.2, -0.15) is 0 Å². The van der Waals surface area contributed by atoms with E-state index in [9.17, 15) is 4.79 Å². The number of likely N-dealkylation sites (N-methyl/N-ethyl adjacent to an activating group) is 1. The molecule has 2 aromatic rings. The molecule has 1 unspecified atom stereocenters. The zero-order valence-corrected chi connectivity index (χ0v) is 15.8. The van der Waals surface area contributed by atoms with E-state index in [0.717, 1.165) is 16.9 Å². The minimum absolute atomic E-state index is 0.0713. The van der Waals surface area contributed by atoms with E-state index in [1.807, 2.05) is 74.4 Å². The molecule has 5 heteroatoms. The number of rotatable bonds is 9. The average molecular weight is 355 g/mol. The van der Waals surface area contributed by atoms with Crippen LogP contribution in [0.2, 0.25) is 0 Å². The second-order valence-electron chi connectivity index (χ2n) is 6.75. The SMILES string of the molecule is CCC(Cc1ccc(N)cc1)(C(=O)c1ccc(NCCO)cc1)N(C)C. The number of nitrogens with one attached hydrogen (secondary N) is 1. The Bertz CT molecular complexity index is 711. The number of carbonyl (C=O) groups excluding carboxylic acids is 1. The summed E-state index contributed by atoms with van der Waals surface area (Å²) in [7, 11) is 3.91. The van der Waals surface area contributed by atoms with Gasteiger partial charge < -0.3 is 16.2 Å². The largest absolute Gasteiger partial charge is 0.399 e. The monoisotopic (exact) mass is 355 g/mol. The van der Waals surface area contributed by atoms with E-state index in [0.29, 0.717) is 24.9 Å². The Morgan fingerprint density at radius 1 is 1.12 bits per heavy atom. The summed E-state index contributed by atoms with van der Waals surface area (Å²) in [5.74, 6) is 0.107. The standard InChI is InChI=1S/C21H29N3O2/c1-4-21(24(2)3,15-16-5-9-18(22)10-6-16)20(26)17-7-11-19(12-8-17)23-13-14-25/h5-12,23,25H,4,13-15,22H2,1-3H3. The van der Waals surface area contributed by atoms with Crippen LogP contribution in [0.4, 0.5) is 11.4 Å². The van der Waals surface area contributed by atoms with Crippen LogP contribution in [-0.2, 0) is 6.42 Å². The van der Waals surface area contributed by atoms with E-state index in [1.165, 1.54) is 0 Å². The fourth-order valence-corrected chi connectivity index (χ4v) is 3.22. The molecule has 0 aliphatic rings. The van der Waals surface area contributed by atoms with Crippen LogP contribution in [0.3, 0.4) is 0 Å². The highest BCUT2D eigenvalue weighted by atomic mass is 16.3. The van der Waals surface area contributed by atoms with E-state index in [2.05, 4.69) is 5.32 Å². The first kappa shape index (κ1) is 19.9. The van der Waals surface area contributed by atoms with Gasteiger partial charge in [0.1, 0.15) is 0 Å². The molecular formula is C21H29N3O2. The second-order valence-corrected chi connectivity index (χ2v) is 6.75. The fourth-order valence-electron chi connectivity index (χ4n) is 3.22. The maximum Gasteiger partial charge on any atom is 0.183 e. The molecule has 26 heavy (non-hydrogen) atoms. The first-order chi connectivity index (χ1) is 12.4. The molecule has 0 fully saturated rings. The number of hydrogen-bond acceptors (Lipinski definition) is 5. The van der Waals surface area contributed by atoms with Gasteiger partial charge in [-0.05, 0) is 68.9 Å². The third-order valence-corrected chi connectivity index (χ3v) is 4.93. The average Bonchev–Trinajstić information content (AvgIpc) is 2.65. The number of carbonyl (C=O) groups is 1. The zero-order valence-electron chi connectivity index (χ0n) is 15.8. The molecule has 1 atom stereocenters. The van der Waals surface area contributed by atoms with Gasteiger partial charge in [0.2, 0.25) is 0 Å². The molecule has 0 aromatic heterocycles. The van der Waals surface area contributed by atoms with Crippen LogP contribution in [0.1, 0.15) is 29.3 Å². The van der Waals surface area contributed by atoms with Gasteiger partial charge in [-0.3, -0.25) is 9.69 Å². The van der Waals surface area contributed by atoms with Crippen LogP contribution in [0.5, 0.6) is 0 Å². The summed E-state index contributed by atoms with van der Waals surface area (Å²) < 4.78 is 0. The van der Waals surface area contributed by atoms with Crippen molar-refractivity contribution < 1.29 is 9.90 Å². The Hall–Kier alpha value is -2.37. The number of ketones is 1. The van der Waals surface area contributed by atoms with Crippen molar-refractivity contribution in [3.8, 4) is 0 Å². The minimum Gasteiger partial charge on any atom is -0.399 e. The van der Waals surface area contributed by atoms with Gasteiger partial charge in [-0.1, -0.05) is 19.1 Å². The highest BCUT2D eigenvalue weighted by Gasteiger charge is 2.39.